The number of rotatable bonds is 4. The quantitative estimate of drug-likeness (QED) is 0.873. The molecule has 0 saturated carbocycles. The van der Waals surface area contributed by atoms with E-state index < -0.39 is 10.0 Å². The van der Waals surface area contributed by atoms with E-state index in [-0.39, 0.29) is 6.54 Å². The zero-order valence-electron chi connectivity index (χ0n) is 9.98. The molecule has 0 unspecified atom stereocenters. The van der Waals surface area contributed by atoms with Crippen LogP contribution in [0.4, 0.5) is 0 Å². The lowest BCUT2D eigenvalue weighted by molar-refractivity contribution is 0.583. The molecule has 0 aliphatic heterocycles. The van der Waals surface area contributed by atoms with Crippen molar-refractivity contribution in [3.63, 3.8) is 0 Å². The van der Waals surface area contributed by atoms with Crippen LogP contribution in [-0.2, 0) is 16.6 Å². The fraction of sp³-hybridized carbons (Fsp3) is 0.167. The average Bonchev–Trinajstić information content (AvgIpc) is 2.78. The van der Waals surface area contributed by atoms with E-state index in [1.807, 2.05) is 13.0 Å². The van der Waals surface area contributed by atoms with E-state index in [1.54, 1.807) is 24.3 Å². The topological polar surface area (TPSA) is 46.2 Å². The van der Waals surface area contributed by atoms with E-state index in [0.717, 1.165) is 14.9 Å². The number of hydrogen-bond donors (Lipinski definition) is 1. The summed E-state index contributed by atoms with van der Waals surface area (Å²) in [6, 6.07) is 8.70. The van der Waals surface area contributed by atoms with Crippen molar-refractivity contribution >= 4 is 48.9 Å². The lowest BCUT2D eigenvalue weighted by Gasteiger charge is -2.08. The maximum atomic E-state index is 12.1. The molecule has 1 aromatic heterocycles. The van der Waals surface area contributed by atoms with Crippen LogP contribution in [0.25, 0.3) is 0 Å². The van der Waals surface area contributed by atoms with Crippen molar-refractivity contribution < 1.29 is 8.42 Å². The van der Waals surface area contributed by atoms with Gasteiger partial charge in [0, 0.05) is 11.6 Å². The Hall–Kier alpha value is -0.400. The molecule has 102 valence electrons. The Morgan fingerprint density at radius 3 is 2.68 bits per heavy atom. The Morgan fingerprint density at radius 2 is 2.05 bits per heavy atom. The molecular formula is C12H11BrClNO2S2. The van der Waals surface area contributed by atoms with Crippen LogP contribution in [0.1, 0.15) is 11.1 Å². The average molecular weight is 381 g/mol. The number of benzene rings is 1. The monoisotopic (exact) mass is 379 g/mol. The molecule has 0 bridgehead atoms. The molecule has 0 fully saturated rings. The molecule has 2 rings (SSSR count). The summed E-state index contributed by atoms with van der Waals surface area (Å²) in [6.45, 7) is 2.14. The highest BCUT2D eigenvalue weighted by Gasteiger charge is 2.16. The second-order valence-electron chi connectivity index (χ2n) is 3.95. The van der Waals surface area contributed by atoms with Crippen LogP contribution in [0.3, 0.4) is 0 Å². The molecule has 0 saturated heterocycles. The molecule has 2 aromatic rings. The maximum Gasteiger partial charge on any atom is 0.250 e. The van der Waals surface area contributed by atoms with Crippen LogP contribution in [0.5, 0.6) is 0 Å². The molecule has 0 amide bonds. The number of thiophene rings is 1. The molecule has 0 spiro atoms. The van der Waals surface area contributed by atoms with Gasteiger partial charge in [-0.1, -0.05) is 17.7 Å². The predicted molar refractivity (Wildman–Crippen MR) is 82.2 cm³/mol. The summed E-state index contributed by atoms with van der Waals surface area (Å²) >= 11 is 10.3. The number of sulfonamides is 1. The SMILES string of the molecule is Cc1ccc(Cl)cc1CNS(=O)(=O)c1ccc(Br)s1. The van der Waals surface area contributed by atoms with Crippen molar-refractivity contribution in [1.82, 2.24) is 4.72 Å². The van der Waals surface area contributed by atoms with Crippen molar-refractivity contribution in [2.75, 3.05) is 0 Å². The van der Waals surface area contributed by atoms with Crippen LogP contribution in [-0.4, -0.2) is 8.42 Å². The molecule has 1 N–H and O–H groups in total. The summed E-state index contributed by atoms with van der Waals surface area (Å²) in [7, 11) is -3.47. The zero-order valence-corrected chi connectivity index (χ0v) is 14.0. The van der Waals surface area contributed by atoms with Crippen molar-refractivity contribution in [2.24, 2.45) is 0 Å². The van der Waals surface area contributed by atoms with E-state index in [4.69, 9.17) is 11.6 Å². The van der Waals surface area contributed by atoms with E-state index in [9.17, 15) is 8.42 Å². The van der Waals surface area contributed by atoms with Gasteiger partial charge in [-0.25, -0.2) is 13.1 Å². The van der Waals surface area contributed by atoms with Crippen molar-refractivity contribution in [1.29, 1.82) is 0 Å². The number of halogens is 2. The van der Waals surface area contributed by atoms with Gasteiger partial charge in [0.1, 0.15) is 4.21 Å². The zero-order chi connectivity index (χ0) is 14.0. The van der Waals surface area contributed by atoms with Gasteiger partial charge >= 0.3 is 0 Å². The third kappa shape index (κ3) is 3.79. The number of hydrogen-bond acceptors (Lipinski definition) is 3. The van der Waals surface area contributed by atoms with Crippen LogP contribution >= 0.6 is 38.9 Å². The minimum absolute atomic E-state index is 0.226. The predicted octanol–water partition coefficient (Wildman–Crippen LogP) is 3.95. The fourth-order valence-corrected chi connectivity index (χ4v) is 4.77. The van der Waals surface area contributed by atoms with E-state index in [1.165, 1.54) is 11.3 Å². The lowest BCUT2D eigenvalue weighted by Crippen LogP contribution is -2.22. The van der Waals surface area contributed by atoms with Crippen LogP contribution in [0, 0.1) is 6.92 Å². The summed E-state index contributed by atoms with van der Waals surface area (Å²) in [5.41, 5.74) is 1.87. The Balaban J connectivity index is 2.16. The Labute approximate surface area is 129 Å². The molecule has 0 aliphatic carbocycles. The maximum absolute atomic E-state index is 12.1. The van der Waals surface area contributed by atoms with Gasteiger partial charge in [0.05, 0.1) is 3.79 Å². The lowest BCUT2D eigenvalue weighted by atomic mass is 10.1. The van der Waals surface area contributed by atoms with Crippen molar-refractivity contribution in [3.8, 4) is 0 Å². The normalized spacial score (nSPS) is 11.7. The minimum Gasteiger partial charge on any atom is -0.206 e. The van der Waals surface area contributed by atoms with E-state index in [0.29, 0.717) is 9.23 Å². The Kier molecular flexibility index (Phi) is 4.68. The van der Waals surface area contributed by atoms with Gasteiger partial charge in [-0.05, 0) is 58.2 Å². The second-order valence-corrected chi connectivity index (χ2v) is 8.85. The number of nitrogens with one attached hydrogen (secondary N) is 1. The largest absolute Gasteiger partial charge is 0.250 e. The molecular weight excluding hydrogens is 370 g/mol. The second kappa shape index (κ2) is 5.93. The summed E-state index contributed by atoms with van der Waals surface area (Å²) in [5, 5.41) is 0.596. The van der Waals surface area contributed by atoms with Crippen LogP contribution in [0.15, 0.2) is 38.3 Å². The molecule has 19 heavy (non-hydrogen) atoms. The highest BCUT2D eigenvalue weighted by molar-refractivity contribution is 9.11. The number of aryl methyl sites for hydroxylation is 1. The first-order chi connectivity index (χ1) is 8.88. The van der Waals surface area contributed by atoms with Crippen molar-refractivity contribution in [2.45, 2.75) is 17.7 Å². The van der Waals surface area contributed by atoms with Crippen LogP contribution < -0.4 is 4.72 Å². The Morgan fingerprint density at radius 1 is 1.32 bits per heavy atom. The third-order valence-electron chi connectivity index (χ3n) is 2.58. The van der Waals surface area contributed by atoms with Gasteiger partial charge in [0.2, 0.25) is 10.0 Å². The van der Waals surface area contributed by atoms with Gasteiger partial charge in [-0.15, -0.1) is 11.3 Å². The first-order valence-corrected chi connectivity index (χ1v) is 8.85. The standard InChI is InChI=1S/C12H11BrClNO2S2/c1-8-2-3-10(14)6-9(8)7-15-19(16,17)12-5-4-11(13)18-12/h2-6,15H,7H2,1H3. The molecule has 1 aromatic carbocycles. The Bertz CT molecular complexity index is 698. The molecule has 7 heteroatoms. The minimum atomic E-state index is -3.47. The fourth-order valence-electron chi connectivity index (χ4n) is 1.52. The highest BCUT2D eigenvalue weighted by atomic mass is 79.9. The first-order valence-electron chi connectivity index (χ1n) is 5.38. The summed E-state index contributed by atoms with van der Waals surface area (Å²) in [4.78, 5) is 0. The summed E-state index contributed by atoms with van der Waals surface area (Å²) < 4.78 is 27.8. The molecule has 0 radical (unpaired) electrons. The van der Waals surface area contributed by atoms with Gasteiger partial charge in [-0.2, -0.15) is 0 Å². The summed E-state index contributed by atoms with van der Waals surface area (Å²) in [6.07, 6.45) is 0. The summed E-state index contributed by atoms with van der Waals surface area (Å²) in [5.74, 6) is 0. The first kappa shape index (κ1) is 15.0. The molecule has 0 atom stereocenters. The van der Waals surface area contributed by atoms with Gasteiger partial charge < -0.3 is 0 Å². The molecule has 0 aliphatic rings. The van der Waals surface area contributed by atoms with E-state index in [2.05, 4.69) is 20.7 Å². The van der Waals surface area contributed by atoms with Crippen LogP contribution in [0.2, 0.25) is 5.02 Å². The molecule has 3 nitrogen and oxygen atoms in total. The van der Waals surface area contributed by atoms with Gasteiger partial charge in [0.25, 0.3) is 0 Å². The third-order valence-corrected chi connectivity index (χ3v) is 6.33. The smallest absolute Gasteiger partial charge is 0.206 e. The highest BCUT2D eigenvalue weighted by Crippen LogP contribution is 2.26. The van der Waals surface area contributed by atoms with E-state index >= 15 is 0 Å². The van der Waals surface area contributed by atoms with Gasteiger partial charge in [0.15, 0.2) is 0 Å². The van der Waals surface area contributed by atoms with Gasteiger partial charge in [-0.3, -0.25) is 0 Å². The molecule has 1 heterocycles. The van der Waals surface area contributed by atoms with Crippen molar-refractivity contribution in [3.05, 3.63) is 50.3 Å².